The van der Waals surface area contributed by atoms with E-state index in [1.165, 1.54) is 11.1 Å². The lowest BCUT2D eigenvalue weighted by molar-refractivity contribution is 0.175. The van der Waals surface area contributed by atoms with Gasteiger partial charge in [0.2, 0.25) is 0 Å². The van der Waals surface area contributed by atoms with Gasteiger partial charge in [-0.1, -0.05) is 31.2 Å². The summed E-state index contributed by atoms with van der Waals surface area (Å²) in [5.74, 6) is 0. The Balaban J connectivity index is 0.00000180. The maximum absolute atomic E-state index is 9.04. The van der Waals surface area contributed by atoms with Gasteiger partial charge in [0.1, 0.15) is 0 Å². The topological polar surface area (TPSA) is 39.1 Å². The third-order valence-corrected chi connectivity index (χ3v) is 3.65. The summed E-state index contributed by atoms with van der Waals surface area (Å²) >= 11 is 0. The molecule has 0 bridgehead atoms. The summed E-state index contributed by atoms with van der Waals surface area (Å²) < 4.78 is 0. The summed E-state index contributed by atoms with van der Waals surface area (Å²) in [4.78, 5) is 2.42. The molecule has 0 aliphatic carbocycles. The number of nitrogens with zero attached hydrogens (tertiary/aromatic N) is 2. The van der Waals surface area contributed by atoms with Gasteiger partial charge in [0, 0.05) is 32.2 Å². The van der Waals surface area contributed by atoms with E-state index in [4.69, 9.17) is 5.26 Å². The van der Waals surface area contributed by atoms with E-state index in [0.29, 0.717) is 6.42 Å². The van der Waals surface area contributed by atoms with Gasteiger partial charge in [0.25, 0.3) is 0 Å². The lowest BCUT2D eigenvalue weighted by atomic mass is 10.00. The second-order valence-electron chi connectivity index (χ2n) is 4.76. The fraction of sp³-hybridized carbons (Fsp3) is 0.533. The maximum atomic E-state index is 9.04. The van der Waals surface area contributed by atoms with Crippen molar-refractivity contribution >= 4 is 24.8 Å². The molecule has 2 rings (SSSR count). The molecule has 1 aliphatic rings. The Labute approximate surface area is 134 Å². The van der Waals surface area contributed by atoms with Gasteiger partial charge in [-0.2, -0.15) is 5.26 Å². The number of halogens is 2. The first-order valence-corrected chi connectivity index (χ1v) is 6.75. The zero-order chi connectivity index (χ0) is 12.8. The number of nitrogens with one attached hydrogen (secondary N) is 1. The Morgan fingerprint density at radius 2 is 1.80 bits per heavy atom. The van der Waals surface area contributed by atoms with Crippen LogP contribution in [-0.2, 0) is 6.42 Å². The zero-order valence-corrected chi connectivity index (χ0v) is 13.5. The monoisotopic (exact) mass is 315 g/mol. The van der Waals surface area contributed by atoms with E-state index >= 15 is 0 Å². The summed E-state index contributed by atoms with van der Waals surface area (Å²) in [5, 5.41) is 12.4. The van der Waals surface area contributed by atoms with Crippen LogP contribution < -0.4 is 5.32 Å². The highest BCUT2D eigenvalue weighted by Crippen LogP contribution is 2.24. The van der Waals surface area contributed by atoms with Crippen LogP contribution >= 0.6 is 24.8 Å². The van der Waals surface area contributed by atoms with E-state index in [1.807, 2.05) is 0 Å². The van der Waals surface area contributed by atoms with Gasteiger partial charge in [-0.15, -0.1) is 24.8 Å². The van der Waals surface area contributed by atoms with E-state index in [1.54, 1.807) is 0 Å². The number of piperazine rings is 1. The Bertz CT molecular complexity index is 408. The van der Waals surface area contributed by atoms with Gasteiger partial charge < -0.3 is 5.32 Å². The molecule has 0 saturated carbocycles. The normalized spacial score (nSPS) is 16.4. The van der Waals surface area contributed by atoms with Crippen molar-refractivity contribution in [3.8, 4) is 6.07 Å². The average molecular weight is 316 g/mol. The van der Waals surface area contributed by atoms with E-state index in [-0.39, 0.29) is 30.9 Å². The van der Waals surface area contributed by atoms with Crippen molar-refractivity contribution in [2.75, 3.05) is 26.2 Å². The predicted molar refractivity (Wildman–Crippen MR) is 87.7 cm³/mol. The quantitative estimate of drug-likeness (QED) is 0.928. The molecule has 20 heavy (non-hydrogen) atoms. The second kappa shape index (κ2) is 10.0. The predicted octanol–water partition coefficient (Wildman–Crippen LogP) is 2.95. The van der Waals surface area contributed by atoms with Crippen LogP contribution in [0.1, 0.15) is 30.5 Å². The van der Waals surface area contributed by atoms with Gasteiger partial charge in [-0.3, -0.25) is 4.90 Å². The highest BCUT2D eigenvalue weighted by molar-refractivity contribution is 5.85. The third-order valence-electron chi connectivity index (χ3n) is 3.65. The van der Waals surface area contributed by atoms with Crippen molar-refractivity contribution in [2.45, 2.75) is 25.8 Å². The molecule has 1 heterocycles. The van der Waals surface area contributed by atoms with Gasteiger partial charge in [0.05, 0.1) is 12.5 Å². The number of aryl methyl sites for hydroxylation is 1. The minimum Gasteiger partial charge on any atom is -0.314 e. The maximum Gasteiger partial charge on any atom is 0.0641 e. The molecule has 0 unspecified atom stereocenters. The first kappa shape index (κ1) is 19.2. The number of hydrogen-bond donors (Lipinski definition) is 1. The molecule has 0 spiro atoms. The van der Waals surface area contributed by atoms with E-state index < -0.39 is 0 Å². The highest BCUT2D eigenvalue weighted by atomic mass is 35.5. The minimum atomic E-state index is 0. The van der Waals surface area contributed by atoms with E-state index in [2.05, 4.69) is 47.5 Å². The van der Waals surface area contributed by atoms with Crippen molar-refractivity contribution in [3.05, 3.63) is 35.4 Å². The molecule has 112 valence electrons. The molecular weight excluding hydrogens is 293 g/mol. The molecule has 1 aliphatic heterocycles. The van der Waals surface area contributed by atoms with E-state index in [0.717, 1.165) is 32.6 Å². The summed E-state index contributed by atoms with van der Waals surface area (Å²) in [6.07, 6.45) is 1.64. The lowest BCUT2D eigenvalue weighted by Crippen LogP contribution is -2.45. The third kappa shape index (κ3) is 4.96. The van der Waals surface area contributed by atoms with Crippen LogP contribution in [-0.4, -0.2) is 31.1 Å². The molecule has 0 aromatic heterocycles. The van der Waals surface area contributed by atoms with Crippen LogP contribution in [0.5, 0.6) is 0 Å². The molecule has 1 aromatic carbocycles. The number of benzene rings is 1. The van der Waals surface area contributed by atoms with Crippen LogP contribution in [0.4, 0.5) is 0 Å². The molecule has 1 atom stereocenters. The van der Waals surface area contributed by atoms with Gasteiger partial charge in [0.15, 0.2) is 0 Å². The fourth-order valence-corrected chi connectivity index (χ4v) is 2.51. The van der Waals surface area contributed by atoms with Crippen molar-refractivity contribution in [3.63, 3.8) is 0 Å². The van der Waals surface area contributed by atoms with Gasteiger partial charge in [-0.05, 0) is 17.5 Å². The largest absolute Gasteiger partial charge is 0.314 e. The highest BCUT2D eigenvalue weighted by Gasteiger charge is 2.21. The molecule has 0 radical (unpaired) electrons. The lowest BCUT2D eigenvalue weighted by Gasteiger charge is -2.34. The summed E-state index contributed by atoms with van der Waals surface area (Å²) in [5.41, 5.74) is 2.63. The average Bonchev–Trinajstić information content (AvgIpc) is 2.46. The summed E-state index contributed by atoms with van der Waals surface area (Å²) in [6.45, 7) is 6.27. The van der Waals surface area contributed by atoms with E-state index in [9.17, 15) is 0 Å². The number of rotatable bonds is 4. The summed E-state index contributed by atoms with van der Waals surface area (Å²) in [7, 11) is 0. The second-order valence-corrected chi connectivity index (χ2v) is 4.76. The Morgan fingerprint density at radius 1 is 1.20 bits per heavy atom. The molecule has 0 amide bonds. The molecule has 1 aromatic rings. The minimum absolute atomic E-state index is 0. The molecule has 1 N–H and O–H groups in total. The number of hydrogen-bond acceptors (Lipinski definition) is 3. The SMILES string of the molecule is CCc1ccc([C@H](CC#N)N2CCNCC2)cc1.Cl.Cl. The summed E-state index contributed by atoms with van der Waals surface area (Å²) in [6, 6.07) is 11.3. The zero-order valence-electron chi connectivity index (χ0n) is 11.8. The van der Waals surface area contributed by atoms with Crippen LogP contribution in [0.25, 0.3) is 0 Å². The molecule has 1 fully saturated rings. The molecular formula is C15H23Cl2N3. The molecule has 5 heteroatoms. The standard InChI is InChI=1S/C15H21N3.2ClH/c1-2-13-3-5-14(6-4-13)15(7-8-16)18-11-9-17-10-12-18;;/h3-6,15,17H,2,7,9-12H2,1H3;2*1H/t15-;;/m0../s1. The van der Waals surface area contributed by atoms with Gasteiger partial charge in [-0.25, -0.2) is 0 Å². The first-order chi connectivity index (χ1) is 8.85. The van der Waals surface area contributed by atoms with Crippen molar-refractivity contribution in [1.29, 1.82) is 5.26 Å². The Hall–Kier alpha value is -0.790. The van der Waals surface area contributed by atoms with Crippen LogP contribution in [0.3, 0.4) is 0 Å². The fourth-order valence-electron chi connectivity index (χ4n) is 2.51. The van der Waals surface area contributed by atoms with Crippen LogP contribution in [0.15, 0.2) is 24.3 Å². The molecule has 3 nitrogen and oxygen atoms in total. The smallest absolute Gasteiger partial charge is 0.0641 e. The van der Waals surface area contributed by atoms with Crippen molar-refractivity contribution < 1.29 is 0 Å². The van der Waals surface area contributed by atoms with Crippen LogP contribution in [0, 0.1) is 11.3 Å². The van der Waals surface area contributed by atoms with Crippen LogP contribution in [0.2, 0.25) is 0 Å². The molecule has 1 saturated heterocycles. The Kier molecular flexibility index (Phi) is 9.62. The first-order valence-electron chi connectivity index (χ1n) is 6.75. The number of nitriles is 1. The van der Waals surface area contributed by atoms with Crippen molar-refractivity contribution in [2.24, 2.45) is 0 Å². The van der Waals surface area contributed by atoms with Crippen molar-refractivity contribution in [1.82, 2.24) is 10.2 Å². The van der Waals surface area contributed by atoms with Gasteiger partial charge >= 0.3 is 0 Å². The Morgan fingerprint density at radius 3 is 2.30 bits per heavy atom.